The van der Waals surface area contributed by atoms with Crippen molar-refractivity contribution in [2.24, 2.45) is 0 Å². The number of carbonyl (C=O) groups excluding carboxylic acids is 1. The fourth-order valence-electron chi connectivity index (χ4n) is 1.52. The number of hydrogen-bond acceptors (Lipinski definition) is 3. The number of halogens is 4. The third kappa shape index (κ3) is 2.82. The van der Waals surface area contributed by atoms with E-state index in [0.717, 1.165) is 18.2 Å². The minimum Gasteiger partial charge on any atom is -0.398 e. The molecule has 2 nitrogen and oxygen atoms in total. The first kappa shape index (κ1) is 14.1. The molecule has 0 unspecified atom stereocenters. The number of ketones is 1. The number of benzene rings is 1. The molecule has 0 aliphatic heterocycles. The normalized spacial score (nSPS) is 11.6. The predicted octanol–water partition coefficient (Wildman–Crippen LogP) is 4.34. The van der Waals surface area contributed by atoms with Gasteiger partial charge in [0, 0.05) is 32.0 Å². The van der Waals surface area contributed by atoms with E-state index in [1.165, 1.54) is 11.3 Å². The lowest BCUT2D eigenvalue weighted by Gasteiger charge is -2.10. The van der Waals surface area contributed by atoms with E-state index in [0.29, 0.717) is 10.0 Å². The Balaban J connectivity index is 2.51. The van der Waals surface area contributed by atoms with Crippen LogP contribution in [0.15, 0.2) is 33.4 Å². The third-order valence-electron chi connectivity index (χ3n) is 2.48. The molecule has 0 aliphatic rings. The number of hydrogen-bond donors (Lipinski definition) is 1. The molecule has 1 heterocycles. The summed E-state index contributed by atoms with van der Waals surface area (Å²) >= 11 is 4.45. The average molecular weight is 350 g/mol. The fourth-order valence-corrected chi connectivity index (χ4v) is 2.97. The van der Waals surface area contributed by atoms with Gasteiger partial charge in [-0.2, -0.15) is 24.5 Å². The monoisotopic (exact) mass is 349 g/mol. The van der Waals surface area contributed by atoms with Crippen molar-refractivity contribution in [3.05, 3.63) is 50.1 Å². The molecule has 7 heteroatoms. The molecule has 0 fully saturated rings. The minimum absolute atomic E-state index is 0.0242. The van der Waals surface area contributed by atoms with E-state index in [-0.39, 0.29) is 11.3 Å². The van der Waals surface area contributed by atoms with E-state index in [2.05, 4.69) is 15.9 Å². The predicted molar refractivity (Wildman–Crippen MR) is 71.3 cm³/mol. The van der Waals surface area contributed by atoms with Gasteiger partial charge in [0.15, 0.2) is 5.78 Å². The van der Waals surface area contributed by atoms with Crippen molar-refractivity contribution in [2.75, 3.05) is 5.73 Å². The number of nitrogen functional groups attached to an aromatic ring is 1. The number of rotatable bonds is 2. The molecule has 0 saturated carbocycles. The zero-order valence-corrected chi connectivity index (χ0v) is 11.7. The van der Waals surface area contributed by atoms with E-state index < -0.39 is 17.5 Å². The van der Waals surface area contributed by atoms with Crippen LogP contribution in [-0.2, 0) is 6.18 Å². The van der Waals surface area contributed by atoms with Crippen LogP contribution in [0, 0.1) is 0 Å². The lowest BCUT2D eigenvalue weighted by Crippen LogP contribution is -2.10. The summed E-state index contributed by atoms with van der Waals surface area (Å²) in [5.41, 5.74) is 4.88. The van der Waals surface area contributed by atoms with Gasteiger partial charge in [0.25, 0.3) is 0 Å². The summed E-state index contributed by atoms with van der Waals surface area (Å²) < 4.78 is 38.4. The van der Waals surface area contributed by atoms with E-state index in [1.807, 2.05) is 0 Å². The first-order valence-corrected chi connectivity index (χ1v) is 6.77. The number of thiophene rings is 1. The van der Waals surface area contributed by atoms with Gasteiger partial charge in [-0.1, -0.05) is 0 Å². The molecule has 0 bridgehead atoms. The minimum atomic E-state index is -4.51. The highest BCUT2D eigenvalue weighted by Crippen LogP contribution is 2.33. The van der Waals surface area contributed by atoms with E-state index >= 15 is 0 Å². The Morgan fingerprint density at radius 1 is 1.21 bits per heavy atom. The Morgan fingerprint density at radius 2 is 1.89 bits per heavy atom. The van der Waals surface area contributed by atoms with Crippen LogP contribution in [0.2, 0.25) is 0 Å². The van der Waals surface area contributed by atoms with Gasteiger partial charge in [-0.05, 0) is 34.1 Å². The van der Waals surface area contributed by atoms with E-state index in [9.17, 15) is 18.0 Å². The summed E-state index contributed by atoms with van der Waals surface area (Å²) in [6.45, 7) is 0. The number of alkyl halides is 3. The number of anilines is 1. The van der Waals surface area contributed by atoms with Gasteiger partial charge in [0.05, 0.1) is 5.56 Å². The van der Waals surface area contributed by atoms with Crippen LogP contribution in [0.3, 0.4) is 0 Å². The van der Waals surface area contributed by atoms with Crippen LogP contribution >= 0.6 is 27.3 Å². The molecule has 100 valence electrons. The fraction of sp³-hybridized carbons (Fsp3) is 0.0833. The molecule has 0 radical (unpaired) electrons. The molecule has 0 spiro atoms. The van der Waals surface area contributed by atoms with Crippen LogP contribution in [-0.4, -0.2) is 5.78 Å². The maximum Gasteiger partial charge on any atom is 0.416 e. The summed E-state index contributed by atoms with van der Waals surface area (Å²) in [5, 5.41) is 3.24. The van der Waals surface area contributed by atoms with Gasteiger partial charge in [-0.3, -0.25) is 4.79 Å². The van der Waals surface area contributed by atoms with Crippen molar-refractivity contribution < 1.29 is 18.0 Å². The Hall–Kier alpha value is -1.34. The summed E-state index contributed by atoms with van der Waals surface area (Å²) in [6.07, 6.45) is -4.51. The molecular formula is C12H7BrF3NOS. The largest absolute Gasteiger partial charge is 0.416 e. The quantitative estimate of drug-likeness (QED) is 0.647. The molecular weight excluding hydrogens is 343 g/mol. The van der Waals surface area contributed by atoms with Crippen LogP contribution in [0.4, 0.5) is 18.9 Å². The summed E-state index contributed by atoms with van der Waals surface area (Å²) in [6, 6.07) is 2.73. The van der Waals surface area contributed by atoms with Crippen LogP contribution in [0.1, 0.15) is 21.5 Å². The van der Waals surface area contributed by atoms with E-state index in [1.54, 1.807) is 10.8 Å². The zero-order chi connectivity index (χ0) is 14.2. The van der Waals surface area contributed by atoms with Gasteiger partial charge < -0.3 is 5.73 Å². The molecule has 0 amide bonds. The molecule has 2 N–H and O–H groups in total. The second kappa shape index (κ2) is 4.97. The number of nitrogens with two attached hydrogens (primary N) is 1. The third-order valence-corrected chi connectivity index (χ3v) is 4.19. The van der Waals surface area contributed by atoms with Crippen LogP contribution < -0.4 is 5.73 Å². The van der Waals surface area contributed by atoms with E-state index in [4.69, 9.17) is 5.73 Å². The SMILES string of the molecule is Nc1ccc(C(F)(F)F)cc1C(=O)c1cscc1Br. The standard InChI is InChI=1S/C12H7BrF3NOS/c13-9-5-19-4-8(9)11(18)7-3-6(12(14,15)16)1-2-10(7)17/h1-5H,17H2. The van der Waals surface area contributed by atoms with Crippen LogP contribution in [0.25, 0.3) is 0 Å². The molecule has 2 rings (SSSR count). The maximum atomic E-state index is 12.6. The van der Waals surface area contributed by atoms with Gasteiger partial charge in [-0.25, -0.2) is 0 Å². The van der Waals surface area contributed by atoms with Crippen molar-refractivity contribution in [3.8, 4) is 0 Å². The molecule has 19 heavy (non-hydrogen) atoms. The van der Waals surface area contributed by atoms with Gasteiger partial charge in [-0.15, -0.1) is 0 Å². The summed E-state index contributed by atoms with van der Waals surface area (Å²) in [5.74, 6) is -0.531. The van der Waals surface area contributed by atoms with Crippen molar-refractivity contribution in [2.45, 2.75) is 6.18 Å². The lowest BCUT2D eigenvalue weighted by atomic mass is 10.0. The smallest absolute Gasteiger partial charge is 0.398 e. The average Bonchev–Trinajstić information content (AvgIpc) is 2.73. The van der Waals surface area contributed by atoms with Crippen LogP contribution in [0.5, 0.6) is 0 Å². The Bertz CT molecular complexity index is 636. The van der Waals surface area contributed by atoms with Gasteiger partial charge in [0.1, 0.15) is 0 Å². The summed E-state index contributed by atoms with van der Waals surface area (Å²) in [7, 11) is 0. The Labute approximate surface area is 119 Å². The highest BCUT2D eigenvalue weighted by atomic mass is 79.9. The maximum absolute atomic E-state index is 12.6. The second-order valence-corrected chi connectivity index (χ2v) is 5.36. The first-order valence-electron chi connectivity index (χ1n) is 5.04. The molecule has 0 atom stereocenters. The van der Waals surface area contributed by atoms with Crippen molar-refractivity contribution in [1.29, 1.82) is 0 Å². The van der Waals surface area contributed by atoms with Gasteiger partial charge >= 0.3 is 6.18 Å². The molecule has 1 aromatic heterocycles. The lowest BCUT2D eigenvalue weighted by molar-refractivity contribution is -0.137. The zero-order valence-electron chi connectivity index (χ0n) is 9.29. The van der Waals surface area contributed by atoms with Crippen molar-refractivity contribution >= 4 is 38.7 Å². The van der Waals surface area contributed by atoms with Crippen molar-refractivity contribution in [1.82, 2.24) is 0 Å². The molecule has 0 saturated heterocycles. The van der Waals surface area contributed by atoms with Gasteiger partial charge in [0.2, 0.25) is 0 Å². The molecule has 0 aliphatic carbocycles. The number of carbonyl (C=O) groups is 1. The van der Waals surface area contributed by atoms with Crippen molar-refractivity contribution in [3.63, 3.8) is 0 Å². The highest BCUT2D eigenvalue weighted by molar-refractivity contribution is 9.10. The first-order chi connectivity index (χ1) is 8.80. The molecule has 2 aromatic rings. The Kier molecular flexibility index (Phi) is 3.69. The Morgan fingerprint density at radius 3 is 2.42 bits per heavy atom. The second-order valence-electron chi connectivity index (χ2n) is 3.76. The topological polar surface area (TPSA) is 43.1 Å². The highest BCUT2D eigenvalue weighted by Gasteiger charge is 2.31. The molecule has 1 aromatic carbocycles. The summed E-state index contributed by atoms with van der Waals surface area (Å²) in [4.78, 5) is 12.2.